The van der Waals surface area contributed by atoms with E-state index in [9.17, 15) is 13.9 Å². The molecular weight excluding hydrogens is 518 g/mol. The number of nitrogens with zero attached hydrogens (tertiary/aromatic N) is 6. The van der Waals surface area contributed by atoms with Gasteiger partial charge in [0.05, 0.1) is 6.54 Å². The lowest BCUT2D eigenvalue weighted by Gasteiger charge is -2.39. The Morgan fingerprint density at radius 1 is 0.943 bits per heavy atom. The van der Waals surface area contributed by atoms with E-state index in [1.807, 2.05) is 0 Å². The zero-order valence-electron chi connectivity index (χ0n) is 19.2. The Morgan fingerprint density at radius 3 is 2.49 bits per heavy atom. The first-order valence-corrected chi connectivity index (χ1v) is 12.4. The van der Waals surface area contributed by atoms with Crippen LogP contribution in [0.25, 0.3) is 10.9 Å². The fraction of sp³-hybridized carbons (Fsp3) is 0.360. The summed E-state index contributed by atoms with van der Waals surface area (Å²) >= 11 is 3.52. The van der Waals surface area contributed by atoms with Crippen LogP contribution in [0.4, 0.5) is 8.78 Å². The maximum absolute atomic E-state index is 14.7. The van der Waals surface area contributed by atoms with Crippen LogP contribution < -0.4 is 0 Å². The summed E-state index contributed by atoms with van der Waals surface area (Å²) in [5.74, 6) is -1.44. The molecule has 7 nitrogen and oxygen atoms in total. The van der Waals surface area contributed by atoms with Gasteiger partial charge in [-0.1, -0.05) is 22.0 Å². The Bertz CT molecular complexity index is 1290. The highest BCUT2D eigenvalue weighted by atomic mass is 79.9. The molecule has 0 amide bonds. The fourth-order valence-electron chi connectivity index (χ4n) is 4.83. The number of aliphatic hydroxyl groups is 1. The summed E-state index contributed by atoms with van der Waals surface area (Å²) < 4.78 is 33.0. The van der Waals surface area contributed by atoms with E-state index in [0.717, 1.165) is 49.8 Å². The van der Waals surface area contributed by atoms with Crippen molar-refractivity contribution in [3.05, 3.63) is 83.0 Å². The smallest absolute Gasteiger partial charge is 0.137 e. The van der Waals surface area contributed by atoms with Gasteiger partial charge in [0.25, 0.3) is 0 Å². The second-order valence-electron chi connectivity index (χ2n) is 9.08. The van der Waals surface area contributed by atoms with E-state index in [1.54, 1.807) is 0 Å². The Morgan fingerprint density at radius 2 is 1.74 bits per heavy atom. The van der Waals surface area contributed by atoms with E-state index in [0.29, 0.717) is 0 Å². The van der Waals surface area contributed by atoms with Gasteiger partial charge in [-0.15, -0.1) is 0 Å². The average molecular weight is 545 g/mol. The molecule has 1 aliphatic heterocycles. The quantitative estimate of drug-likeness (QED) is 0.368. The molecule has 1 aliphatic rings. The van der Waals surface area contributed by atoms with Crippen molar-refractivity contribution in [1.82, 2.24) is 29.1 Å². The van der Waals surface area contributed by atoms with E-state index >= 15 is 0 Å². The Hall–Kier alpha value is -2.66. The van der Waals surface area contributed by atoms with E-state index in [4.69, 9.17) is 0 Å². The van der Waals surface area contributed by atoms with Crippen molar-refractivity contribution in [2.24, 2.45) is 0 Å². The maximum atomic E-state index is 14.7. The summed E-state index contributed by atoms with van der Waals surface area (Å²) in [7, 11) is 0. The lowest BCUT2D eigenvalue weighted by molar-refractivity contribution is -0.0319. The Balaban J connectivity index is 1.22. The van der Waals surface area contributed by atoms with Crippen molar-refractivity contribution in [3.63, 3.8) is 0 Å². The number of β-amino-alcohol motifs (C(OH)–C–C–N with tert-alkyl or cyclic N) is 1. The first-order chi connectivity index (χ1) is 16.9. The molecule has 184 valence electrons. The van der Waals surface area contributed by atoms with Crippen LogP contribution in [0.15, 0.2) is 65.8 Å². The van der Waals surface area contributed by atoms with E-state index in [1.165, 1.54) is 40.4 Å². The molecular formula is C25H27BrF2N6O. The molecule has 0 unspecified atom stereocenters. The van der Waals surface area contributed by atoms with Gasteiger partial charge in [-0.2, -0.15) is 5.10 Å². The van der Waals surface area contributed by atoms with Crippen LogP contribution in [0.3, 0.4) is 0 Å². The number of aromatic nitrogens is 4. The van der Waals surface area contributed by atoms with Crippen molar-refractivity contribution in [2.75, 3.05) is 39.3 Å². The van der Waals surface area contributed by atoms with Crippen LogP contribution in [0.2, 0.25) is 0 Å². The maximum Gasteiger partial charge on any atom is 0.137 e. The third kappa shape index (κ3) is 5.45. The van der Waals surface area contributed by atoms with Gasteiger partial charge in [-0.05, 0) is 30.3 Å². The number of hydrogen-bond acceptors (Lipinski definition) is 5. The zero-order valence-corrected chi connectivity index (χ0v) is 20.8. The van der Waals surface area contributed by atoms with Gasteiger partial charge in [0.15, 0.2) is 0 Å². The molecule has 35 heavy (non-hydrogen) atoms. The number of benzene rings is 2. The molecule has 0 bridgehead atoms. The molecule has 4 aromatic rings. The highest BCUT2D eigenvalue weighted by molar-refractivity contribution is 9.10. The molecule has 0 radical (unpaired) electrons. The van der Waals surface area contributed by atoms with E-state index < -0.39 is 17.2 Å². The second-order valence-corrected chi connectivity index (χ2v) is 9.99. The summed E-state index contributed by atoms with van der Waals surface area (Å²) in [5.41, 5.74) is -0.305. The van der Waals surface area contributed by atoms with Gasteiger partial charge >= 0.3 is 0 Å². The van der Waals surface area contributed by atoms with Gasteiger partial charge in [0.2, 0.25) is 0 Å². The minimum atomic E-state index is -1.58. The van der Waals surface area contributed by atoms with Crippen LogP contribution in [-0.2, 0) is 18.7 Å². The standard InChI is InChI=1S/C25H27BrF2N6O/c26-20-1-4-24-19(13-20)5-6-33(24)12-11-31-7-9-32(10-8-31)15-25(35,16-34-18-29-17-30-34)22-3-2-21(27)14-23(22)28/h1-6,13-14,17-18,35H,7-12,15-16H2/t25-/m0/s1. The average Bonchev–Trinajstić information content (AvgIpc) is 3.47. The molecule has 2 aromatic heterocycles. The molecule has 5 rings (SSSR count). The van der Waals surface area contributed by atoms with Crippen LogP contribution >= 0.6 is 15.9 Å². The number of halogens is 3. The van der Waals surface area contributed by atoms with Crippen molar-refractivity contribution in [3.8, 4) is 0 Å². The van der Waals surface area contributed by atoms with Crippen LogP contribution in [0.1, 0.15) is 5.56 Å². The number of piperazine rings is 1. The van der Waals surface area contributed by atoms with Crippen LogP contribution in [0.5, 0.6) is 0 Å². The molecule has 0 saturated carbocycles. The van der Waals surface area contributed by atoms with Crippen molar-refractivity contribution >= 4 is 26.8 Å². The summed E-state index contributed by atoms with van der Waals surface area (Å²) in [6, 6.07) is 11.7. The van der Waals surface area contributed by atoms with E-state index in [2.05, 4.69) is 70.8 Å². The summed E-state index contributed by atoms with van der Waals surface area (Å²) in [6.45, 7) is 5.20. The number of fused-ring (bicyclic) bond motifs is 1. The summed E-state index contributed by atoms with van der Waals surface area (Å²) in [6.07, 6.45) is 4.97. The highest BCUT2D eigenvalue weighted by Crippen LogP contribution is 2.28. The Labute approximate surface area is 210 Å². The van der Waals surface area contributed by atoms with Crippen molar-refractivity contribution < 1.29 is 13.9 Å². The lowest BCUT2D eigenvalue weighted by atomic mass is 9.92. The third-order valence-electron chi connectivity index (χ3n) is 6.66. The molecule has 0 spiro atoms. The Kier molecular flexibility index (Phi) is 6.97. The SMILES string of the molecule is O[C@@](CN1CCN(CCn2ccc3cc(Br)ccc32)CC1)(Cn1cncn1)c1ccc(F)cc1F. The molecule has 1 N–H and O–H groups in total. The van der Waals surface area contributed by atoms with E-state index in [-0.39, 0.29) is 18.7 Å². The second kappa shape index (κ2) is 10.1. The topological polar surface area (TPSA) is 62.4 Å². The van der Waals surface area contributed by atoms with Crippen molar-refractivity contribution in [2.45, 2.75) is 18.7 Å². The minimum absolute atomic E-state index is 0.0204. The number of rotatable bonds is 8. The molecule has 3 heterocycles. The van der Waals surface area contributed by atoms with Gasteiger partial charge in [-0.25, -0.2) is 18.4 Å². The third-order valence-corrected chi connectivity index (χ3v) is 7.16. The molecule has 10 heteroatoms. The lowest BCUT2D eigenvalue weighted by Crippen LogP contribution is -2.52. The van der Waals surface area contributed by atoms with Gasteiger partial charge in [-0.3, -0.25) is 9.80 Å². The highest BCUT2D eigenvalue weighted by Gasteiger charge is 2.36. The largest absolute Gasteiger partial charge is 0.382 e. The van der Waals surface area contributed by atoms with Crippen LogP contribution in [-0.4, -0.2) is 73.5 Å². The molecule has 0 aliphatic carbocycles. The normalized spacial score (nSPS) is 17.1. The first-order valence-electron chi connectivity index (χ1n) is 11.6. The summed E-state index contributed by atoms with van der Waals surface area (Å²) in [4.78, 5) is 8.44. The molecule has 2 aromatic carbocycles. The van der Waals surface area contributed by atoms with Gasteiger partial charge < -0.3 is 9.67 Å². The fourth-order valence-corrected chi connectivity index (χ4v) is 5.20. The summed E-state index contributed by atoms with van der Waals surface area (Å²) in [5, 5.41) is 16.9. The molecule has 1 atom stereocenters. The van der Waals surface area contributed by atoms with Gasteiger partial charge in [0.1, 0.15) is 29.9 Å². The predicted molar refractivity (Wildman–Crippen MR) is 133 cm³/mol. The predicted octanol–water partition coefficient (Wildman–Crippen LogP) is 3.48. The molecule has 1 fully saturated rings. The zero-order chi connectivity index (χ0) is 24.4. The monoisotopic (exact) mass is 544 g/mol. The number of hydrogen-bond donors (Lipinski definition) is 1. The minimum Gasteiger partial charge on any atom is -0.382 e. The van der Waals surface area contributed by atoms with Crippen molar-refractivity contribution in [1.29, 1.82) is 0 Å². The van der Waals surface area contributed by atoms with Crippen LogP contribution in [0, 0.1) is 11.6 Å². The molecule has 1 saturated heterocycles. The van der Waals surface area contributed by atoms with Gasteiger partial charge in [0, 0.05) is 79.0 Å². The first kappa shape index (κ1) is 24.1.